The Kier molecular flexibility index (Phi) is 3.35. The molecule has 1 heteroatoms. The van der Waals surface area contributed by atoms with Crippen molar-refractivity contribution in [2.24, 2.45) is 0 Å². The topological polar surface area (TPSA) is 0 Å². The molecule has 0 saturated heterocycles. The van der Waals surface area contributed by atoms with E-state index in [1.165, 1.54) is 58.4 Å². The van der Waals surface area contributed by atoms with Crippen molar-refractivity contribution in [3.8, 4) is 11.1 Å². The SMILES string of the molecule is Cc1ccc(-c2cc3c4cc5ccccc5cc4sc3c3ccccc23)cc1. The van der Waals surface area contributed by atoms with Crippen LogP contribution in [0.5, 0.6) is 0 Å². The Balaban J connectivity index is 1.79. The van der Waals surface area contributed by atoms with E-state index < -0.39 is 0 Å². The summed E-state index contributed by atoms with van der Waals surface area (Å²) in [6.07, 6.45) is 0. The normalized spacial score (nSPS) is 11.8. The van der Waals surface area contributed by atoms with E-state index in [1.54, 1.807) is 0 Å². The van der Waals surface area contributed by atoms with Crippen LogP contribution in [0.4, 0.5) is 0 Å². The van der Waals surface area contributed by atoms with Crippen molar-refractivity contribution >= 4 is 53.1 Å². The molecule has 0 saturated carbocycles. The van der Waals surface area contributed by atoms with Gasteiger partial charge in [-0.2, -0.15) is 0 Å². The molecule has 6 aromatic rings. The number of rotatable bonds is 1. The Morgan fingerprint density at radius 1 is 0.571 bits per heavy atom. The van der Waals surface area contributed by atoms with Gasteiger partial charge in [-0.3, -0.25) is 0 Å². The Labute approximate surface area is 167 Å². The van der Waals surface area contributed by atoms with Gasteiger partial charge in [0.15, 0.2) is 0 Å². The third-order valence-corrected chi connectivity index (χ3v) is 6.91. The molecule has 0 nitrogen and oxygen atoms in total. The molecule has 0 aliphatic heterocycles. The molecule has 1 heterocycles. The maximum atomic E-state index is 2.40. The molecule has 0 fully saturated rings. The van der Waals surface area contributed by atoms with E-state index in [0.29, 0.717) is 0 Å². The van der Waals surface area contributed by atoms with E-state index in [9.17, 15) is 0 Å². The van der Waals surface area contributed by atoms with Gasteiger partial charge in [-0.25, -0.2) is 0 Å². The minimum atomic E-state index is 1.28. The van der Waals surface area contributed by atoms with Crippen LogP contribution < -0.4 is 0 Å². The lowest BCUT2D eigenvalue weighted by Gasteiger charge is -2.09. The van der Waals surface area contributed by atoms with Crippen LogP contribution in [0.15, 0.2) is 91.0 Å². The van der Waals surface area contributed by atoms with Crippen molar-refractivity contribution in [2.45, 2.75) is 6.92 Å². The van der Waals surface area contributed by atoms with E-state index in [4.69, 9.17) is 0 Å². The summed E-state index contributed by atoms with van der Waals surface area (Å²) < 4.78 is 2.75. The van der Waals surface area contributed by atoms with Gasteiger partial charge in [0.25, 0.3) is 0 Å². The quantitative estimate of drug-likeness (QED) is 0.271. The minimum absolute atomic E-state index is 1.28. The van der Waals surface area contributed by atoms with Crippen molar-refractivity contribution in [1.29, 1.82) is 0 Å². The first-order valence-corrected chi connectivity index (χ1v) is 10.4. The fraction of sp³-hybridized carbons (Fsp3) is 0.0370. The number of hydrogen-bond donors (Lipinski definition) is 0. The molecular formula is C27H18S. The zero-order valence-corrected chi connectivity index (χ0v) is 16.4. The first-order valence-electron chi connectivity index (χ1n) is 9.62. The fourth-order valence-corrected chi connectivity index (χ4v) is 5.51. The van der Waals surface area contributed by atoms with E-state index in [2.05, 4.69) is 97.9 Å². The maximum absolute atomic E-state index is 2.40. The second-order valence-electron chi connectivity index (χ2n) is 7.51. The first-order chi connectivity index (χ1) is 13.8. The van der Waals surface area contributed by atoms with Crippen LogP contribution in [-0.2, 0) is 0 Å². The average Bonchev–Trinajstić information content (AvgIpc) is 3.10. The van der Waals surface area contributed by atoms with E-state index >= 15 is 0 Å². The molecule has 1 aromatic heterocycles. The molecule has 6 rings (SSSR count). The molecule has 0 radical (unpaired) electrons. The average molecular weight is 375 g/mol. The summed E-state index contributed by atoms with van der Waals surface area (Å²) in [5.74, 6) is 0. The lowest BCUT2D eigenvalue weighted by molar-refractivity contribution is 1.47. The van der Waals surface area contributed by atoms with Crippen molar-refractivity contribution in [2.75, 3.05) is 0 Å². The molecule has 0 bridgehead atoms. The van der Waals surface area contributed by atoms with Crippen LogP contribution in [0.3, 0.4) is 0 Å². The number of hydrogen-bond acceptors (Lipinski definition) is 1. The van der Waals surface area contributed by atoms with Crippen LogP contribution in [0, 0.1) is 6.92 Å². The highest BCUT2D eigenvalue weighted by Gasteiger charge is 2.13. The van der Waals surface area contributed by atoms with Gasteiger partial charge in [-0.05, 0) is 52.4 Å². The largest absolute Gasteiger partial charge is 0.135 e. The molecule has 0 N–H and O–H groups in total. The number of benzene rings is 5. The van der Waals surface area contributed by atoms with Gasteiger partial charge in [0.1, 0.15) is 0 Å². The van der Waals surface area contributed by atoms with Crippen molar-refractivity contribution < 1.29 is 0 Å². The molecular weight excluding hydrogens is 356 g/mol. The molecule has 0 aliphatic rings. The number of thiophene rings is 1. The van der Waals surface area contributed by atoms with Gasteiger partial charge in [0, 0.05) is 25.6 Å². The lowest BCUT2D eigenvalue weighted by atomic mass is 9.95. The zero-order chi connectivity index (χ0) is 18.7. The molecule has 0 atom stereocenters. The molecule has 0 unspecified atom stereocenters. The summed E-state index contributed by atoms with van der Waals surface area (Å²) in [7, 11) is 0. The molecule has 0 spiro atoms. The van der Waals surface area contributed by atoms with Crippen LogP contribution >= 0.6 is 11.3 Å². The third kappa shape index (κ3) is 2.30. The summed E-state index contributed by atoms with van der Waals surface area (Å²) in [5, 5.41) is 8.01. The number of fused-ring (bicyclic) bond motifs is 6. The van der Waals surface area contributed by atoms with Crippen molar-refractivity contribution in [3.05, 3.63) is 96.6 Å². The number of aryl methyl sites for hydroxylation is 1. The van der Waals surface area contributed by atoms with E-state index in [-0.39, 0.29) is 0 Å². The van der Waals surface area contributed by atoms with Gasteiger partial charge in [0.2, 0.25) is 0 Å². The summed E-state index contributed by atoms with van der Waals surface area (Å²) in [5.41, 5.74) is 3.89. The molecule has 0 amide bonds. The monoisotopic (exact) mass is 374 g/mol. The summed E-state index contributed by atoms with van der Waals surface area (Å²) in [4.78, 5) is 0. The molecule has 0 aliphatic carbocycles. The summed E-state index contributed by atoms with van der Waals surface area (Å²) in [6, 6.07) is 33.5. The Morgan fingerprint density at radius 2 is 1.25 bits per heavy atom. The van der Waals surface area contributed by atoms with Crippen LogP contribution in [-0.4, -0.2) is 0 Å². The second-order valence-corrected chi connectivity index (χ2v) is 8.56. The predicted octanol–water partition coefficient (Wildman–Crippen LogP) is 8.34. The third-order valence-electron chi connectivity index (χ3n) is 5.71. The summed E-state index contributed by atoms with van der Waals surface area (Å²) in [6.45, 7) is 2.14. The van der Waals surface area contributed by atoms with Crippen LogP contribution in [0.1, 0.15) is 5.56 Å². The van der Waals surface area contributed by atoms with E-state index in [0.717, 1.165) is 0 Å². The molecule has 28 heavy (non-hydrogen) atoms. The highest BCUT2D eigenvalue weighted by atomic mass is 32.1. The minimum Gasteiger partial charge on any atom is -0.135 e. The van der Waals surface area contributed by atoms with Crippen molar-refractivity contribution in [1.82, 2.24) is 0 Å². The van der Waals surface area contributed by atoms with Crippen molar-refractivity contribution in [3.63, 3.8) is 0 Å². The predicted molar refractivity (Wildman–Crippen MR) is 125 cm³/mol. The zero-order valence-electron chi connectivity index (χ0n) is 15.6. The van der Waals surface area contributed by atoms with Gasteiger partial charge in [-0.1, -0.05) is 78.4 Å². The molecule has 132 valence electrons. The second kappa shape index (κ2) is 5.92. The standard InChI is InChI=1S/C27H18S/c1-17-10-12-18(13-11-17)23-16-25-24-14-19-6-2-3-7-20(19)15-26(24)28-27(25)22-9-5-4-8-21(22)23/h2-16H,1H3. The fourth-order valence-electron chi connectivity index (χ4n) is 4.25. The highest BCUT2D eigenvalue weighted by molar-refractivity contribution is 7.26. The first kappa shape index (κ1) is 15.9. The summed E-state index contributed by atoms with van der Waals surface area (Å²) >= 11 is 1.91. The lowest BCUT2D eigenvalue weighted by Crippen LogP contribution is -1.83. The Hall–Kier alpha value is -3.16. The van der Waals surface area contributed by atoms with Crippen LogP contribution in [0.25, 0.3) is 52.8 Å². The van der Waals surface area contributed by atoms with Gasteiger partial charge >= 0.3 is 0 Å². The van der Waals surface area contributed by atoms with Gasteiger partial charge in [0.05, 0.1) is 0 Å². The van der Waals surface area contributed by atoms with E-state index in [1.807, 2.05) is 11.3 Å². The maximum Gasteiger partial charge on any atom is 0.0434 e. The Bertz CT molecular complexity index is 1500. The van der Waals surface area contributed by atoms with Gasteiger partial charge in [-0.15, -0.1) is 11.3 Å². The smallest absolute Gasteiger partial charge is 0.0434 e. The van der Waals surface area contributed by atoms with Crippen LogP contribution in [0.2, 0.25) is 0 Å². The molecule has 5 aromatic carbocycles. The Morgan fingerprint density at radius 3 is 2.04 bits per heavy atom. The highest BCUT2D eigenvalue weighted by Crippen LogP contribution is 2.43. The van der Waals surface area contributed by atoms with Gasteiger partial charge < -0.3 is 0 Å².